The maximum absolute atomic E-state index is 14.7. The van der Waals surface area contributed by atoms with Gasteiger partial charge >= 0.3 is 5.97 Å². The molecule has 1 aliphatic carbocycles. The van der Waals surface area contributed by atoms with Crippen molar-refractivity contribution in [3.8, 4) is 16.9 Å². The van der Waals surface area contributed by atoms with E-state index in [1.165, 1.54) is 13.3 Å². The van der Waals surface area contributed by atoms with Gasteiger partial charge in [-0.3, -0.25) is 4.79 Å². The van der Waals surface area contributed by atoms with E-state index in [9.17, 15) is 18.4 Å². The number of nitrogens with zero attached hydrogens (tertiary/aromatic N) is 2. The quantitative estimate of drug-likeness (QED) is 0.219. The molecule has 42 heavy (non-hydrogen) atoms. The highest BCUT2D eigenvalue weighted by atomic mass is 35.5. The second-order valence-electron chi connectivity index (χ2n) is 10.2. The minimum absolute atomic E-state index is 0.0147. The van der Waals surface area contributed by atoms with E-state index in [1.807, 2.05) is 19.2 Å². The summed E-state index contributed by atoms with van der Waals surface area (Å²) in [6.07, 6.45) is 4.77. The minimum atomic E-state index is -0.675. The molecular formula is C31H30ClF2N3O4S. The Kier molecular flexibility index (Phi) is 9.05. The van der Waals surface area contributed by atoms with Crippen molar-refractivity contribution in [1.82, 2.24) is 15.2 Å². The molecule has 1 amide bonds. The number of carbonyl (C=O) groups is 2. The van der Waals surface area contributed by atoms with E-state index < -0.39 is 23.5 Å². The molecule has 1 aliphatic rings. The Balaban J connectivity index is 1.56. The normalized spacial score (nSPS) is 16.8. The van der Waals surface area contributed by atoms with E-state index in [-0.39, 0.29) is 38.3 Å². The number of aromatic nitrogens is 1. The third-order valence-corrected chi connectivity index (χ3v) is 9.47. The van der Waals surface area contributed by atoms with Gasteiger partial charge in [-0.1, -0.05) is 17.7 Å². The van der Waals surface area contributed by atoms with Crippen molar-refractivity contribution in [2.75, 3.05) is 21.3 Å². The molecule has 5 rings (SSSR count). The molecule has 2 heterocycles. The van der Waals surface area contributed by atoms with Crippen LogP contribution in [0, 0.1) is 11.6 Å². The molecule has 220 valence electrons. The molecule has 4 aromatic rings. The van der Waals surface area contributed by atoms with Gasteiger partial charge in [-0.25, -0.2) is 18.6 Å². The fourth-order valence-corrected chi connectivity index (χ4v) is 7.01. The highest BCUT2D eigenvalue weighted by Gasteiger charge is 2.33. The van der Waals surface area contributed by atoms with Gasteiger partial charge in [0, 0.05) is 30.4 Å². The van der Waals surface area contributed by atoms with Gasteiger partial charge in [0.2, 0.25) is 0 Å². The number of methoxy groups -OCH3 is 2. The number of hydrogen-bond acceptors (Lipinski definition) is 7. The smallest absolute Gasteiger partial charge is 0.356 e. The van der Waals surface area contributed by atoms with Crippen molar-refractivity contribution in [1.29, 1.82) is 0 Å². The number of hydrogen-bond donors (Lipinski definition) is 1. The zero-order chi connectivity index (χ0) is 30.0. The first-order chi connectivity index (χ1) is 20.2. The van der Waals surface area contributed by atoms with E-state index >= 15 is 0 Å². The summed E-state index contributed by atoms with van der Waals surface area (Å²) in [6.45, 7) is 0.176. The van der Waals surface area contributed by atoms with Crippen molar-refractivity contribution >= 4 is 44.9 Å². The summed E-state index contributed by atoms with van der Waals surface area (Å²) in [7, 11) is 4.78. The van der Waals surface area contributed by atoms with E-state index in [1.54, 1.807) is 30.2 Å². The van der Waals surface area contributed by atoms with Gasteiger partial charge in [0.1, 0.15) is 28.0 Å². The molecule has 0 saturated heterocycles. The SMILES string of the molecule is CN[C@H]1CC[C@H](N(Cc2cc(-c3ccnc(C(=O)OC)c3)ccc2OC)C(=O)c2sc3c(F)ccc(F)c3c2Cl)CC1. The van der Waals surface area contributed by atoms with Gasteiger partial charge in [-0.05, 0) is 80.3 Å². The molecule has 2 aromatic heterocycles. The molecule has 2 aromatic carbocycles. The van der Waals surface area contributed by atoms with Gasteiger partial charge in [-0.15, -0.1) is 11.3 Å². The van der Waals surface area contributed by atoms with Gasteiger partial charge in [-0.2, -0.15) is 0 Å². The van der Waals surface area contributed by atoms with Crippen LogP contribution < -0.4 is 10.1 Å². The number of pyridine rings is 1. The lowest BCUT2D eigenvalue weighted by Gasteiger charge is -2.37. The van der Waals surface area contributed by atoms with Crippen molar-refractivity contribution in [3.05, 3.63) is 81.5 Å². The van der Waals surface area contributed by atoms with E-state index in [4.69, 9.17) is 21.1 Å². The van der Waals surface area contributed by atoms with Gasteiger partial charge in [0.15, 0.2) is 0 Å². The van der Waals surface area contributed by atoms with Gasteiger partial charge < -0.3 is 19.7 Å². The highest BCUT2D eigenvalue weighted by molar-refractivity contribution is 7.21. The Hall–Kier alpha value is -3.60. The zero-order valence-corrected chi connectivity index (χ0v) is 25.0. The standard InChI is InChI=1S/C31H30ClF2N3O4S/c1-35-20-5-7-21(8-6-20)37(30(38)29-27(32)26-22(33)9-10-23(34)28(26)42-29)16-19-14-17(4-11-25(19)40-2)18-12-13-36-24(15-18)31(39)41-3/h4,9-15,20-21,35H,5-8,16H2,1-3H3/t20-,21-. The number of esters is 1. The Bertz CT molecular complexity index is 1640. The van der Waals surface area contributed by atoms with Crippen LogP contribution in [0.15, 0.2) is 48.7 Å². The number of thiophene rings is 1. The van der Waals surface area contributed by atoms with Gasteiger partial charge in [0.25, 0.3) is 5.91 Å². The molecule has 0 spiro atoms. The molecular weight excluding hydrogens is 584 g/mol. The number of nitrogens with one attached hydrogen (secondary N) is 1. The number of amides is 1. The fraction of sp³-hybridized carbons (Fsp3) is 0.323. The zero-order valence-electron chi connectivity index (χ0n) is 23.4. The topological polar surface area (TPSA) is 80.8 Å². The second kappa shape index (κ2) is 12.7. The summed E-state index contributed by atoms with van der Waals surface area (Å²) in [6, 6.07) is 11.3. The summed E-state index contributed by atoms with van der Waals surface area (Å²) in [5, 5.41) is 3.14. The van der Waals surface area contributed by atoms with Crippen LogP contribution in [0.4, 0.5) is 8.78 Å². The molecule has 0 bridgehead atoms. The predicted octanol–water partition coefficient (Wildman–Crippen LogP) is 6.86. The van der Waals surface area contributed by atoms with Crippen LogP contribution in [0.25, 0.3) is 21.2 Å². The first-order valence-corrected chi connectivity index (χ1v) is 14.7. The van der Waals surface area contributed by atoms with E-state index in [0.29, 0.717) is 11.8 Å². The van der Waals surface area contributed by atoms with Gasteiger partial charge in [0.05, 0.1) is 29.3 Å². The summed E-state index contributed by atoms with van der Waals surface area (Å²) >= 11 is 7.42. The molecule has 11 heteroatoms. The fourth-order valence-electron chi connectivity index (χ4n) is 5.50. The van der Waals surface area contributed by atoms with Crippen molar-refractivity contribution in [3.63, 3.8) is 0 Å². The molecule has 1 saturated carbocycles. The summed E-state index contributed by atoms with van der Waals surface area (Å²) in [5.74, 6) is -1.67. The Morgan fingerprint density at radius 2 is 1.76 bits per heavy atom. The number of ether oxygens (including phenoxy) is 2. The van der Waals surface area contributed by atoms with Crippen LogP contribution in [-0.2, 0) is 11.3 Å². The molecule has 1 fully saturated rings. The lowest BCUT2D eigenvalue weighted by Crippen LogP contribution is -2.44. The number of benzene rings is 2. The summed E-state index contributed by atoms with van der Waals surface area (Å²) in [4.78, 5) is 32.2. The lowest BCUT2D eigenvalue weighted by molar-refractivity contribution is 0.0590. The maximum atomic E-state index is 14.7. The first kappa shape index (κ1) is 29.9. The third kappa shape index (κ3) is 5.84. The monoisotopic (exact) mass is 613 g/mol. The first-order valence-electron chi connectivity index (χ1n) is 13.5. The number of carbonyl (C=O) groups excluding carboxylic acids is 2. The van der Waals surface area contributed by atoms with Crippen LogP contribution >= 0.6 is 22.9 Å². The Morgan fingerprint density at radius 1 is 1.05 bits per heavy atom. The number of rotatable bonds is 8. The molecule has 0 aliphatic heterocycles. The van der Waals surface area contributed by atoms with Crippen molar-refractivity contribution in [2.45, 2.75) is 44.3 Å². The Morgan fingerprint density at radius 3 is 2.43 bits per heavy atom. The second-order valence-corrected chi connectivity index (χ2v) is 11.6. The third-order valence-electron chi connectivity index (χ3n) is 7.79. The van der Waals surface area contributed by atoms with Crippen molar-refractivity contribution < 1.29 is 27.8 Å². The minimum Gasteiger partial charge on any atom is -0.496 e. The van der Waals surface area contributed by atoms with Crippen molar-refractivity contribution in [2.24, 2.45) is 0 Å². The number of fused-ring (bicyclic) bond motifs is 1. The van der Waals surface area contributed by atoms with E-state index in [2.05, 4.69) is 10.3 Å². The van der Waals surface area contributed by atoms with Crippen LogP contribution in [0.2, 0.25) is 5.02 Å². The molecule has 0 atom stereocenters. The molecule has 0 radical (unpaired) electrons. The van der Waals surface area contributed by atoms with Crippen LogP contribution in [-0.4, -0.2) is 55.1 Å². The summed E-state index contributed by atoms with van der Waals surface area (Å²) < 4.78 is 39.8. The van der Waals surface area contributed by atoms with Crippen LogP contribution in [0.5, 0.6) is 5.75 Å². The largest absolute Gasteiger partial charge is 0.496 e. The predicted molar refractivity (Wildman–Crippen MR) is 159 cm³/mol. The summed E-state index contributed by atoms with van der Waals surface area (Å²) in [5.41, 5.74) is 2.42. The van der Waals surface area contributed by atoms with Crippen LogP contribution in [0.1, 0.15) is 51.4 Å². The lowest BCUT2D eigenvalue weighted by atomic mass is 9.89. The Labute approximate surface area is 251 Å². The average Bonchev–Trinajstić information content (AvgIpc) is 3.39. The maximum Gasteiger partial charge on any atom is 0.356 e. The highest BCUT2D eigenvalue weighted by Crippen LogP contribution is 2.40. The number of halogens is 3. The molecule has 7 nitrogen and oxygen atoms in total. The molecule has 0 unspecified atom stereocenters. The molecule has 1 N–H and O–H groups in total. The van der Waals surface area contributed by atoms with E-state index in [0.717, 1.165) is 65.8 Å². The van der Waals surface area contributed by atoms with Crippen LogP contribution in [0.3, 0.4) is 0 Å². The average molecular weight is 614 g/mol.